The molecule has 1 aliphatic carbocycles. The smallest absolute Gasteiger partial charge is 0.311 e. The van der Waals surface area contributed by atoms with E-state index in [0.717, 1.165) is 6.42 Å². The molecule has 3 N–H and O–H groups in total. The Morgan fingerprint density at radius 3 is 2.54 bits per heavy atom. The summed E-state index contributed by atoms with van der Waals surface area (Å²) < 4.78 is 5.31. The van der Waals surface area contributed by atoms with E-state index in [1.807, 2.05) is 42.5 Å². The monoisotopic (exact) mass is 541 g/mol. The van der Waals surface area contributed by atoms with Crippen molar-refractivity contribution in [1.29, 1.82) is 0 Å². The Bertz CT molecular complexity index is 1060. The van der Waals surface area contributed by atoms with Gasteiger partial charge in [-0.25, -0.2) is 0 Å². The molecule has 9 nitrogen and oxygen atoms in total. The molecular weight excluding hydrogens is 502 g/mol. The summed E-state index contributed by atoms with van der Waals surface area (Å²) in [5, 5.41) is 40.9. The Balaban J connectivity index is 1.35. The Labute approximate surface area is 229 Å². The number of aliphatic hydroxyl groups is 3. The molecule has 0 spiro atoms. The number of carbonyl (C=O) groups excluding carboxylic acids is 1. The number of nitrogens with zero attached hydrogens (tertiary/aromatic N) is 1. The Hall–Kier alpha value is -3.27. The minimum absolute atomic E-state index is 0.0579. The first-order valence-electron chi connectivity index (χ1n) is 13.6. The molecule has 0 bridgehead atoms. The number of hydrogen-bond acceptors (Lipinski definition) is 8. The van der Waals surface area contributed by atoms with Gasteiger partial charge in [-0.15, -0.1) is 10.1 Å². The maximum Gasteiger partial charge on any atom is 0.311 e. The van der Waals surface area contributed by atoms with Crippen LogP contribution in [-0.2, 0) is 22.7 Å². The maximum atomic E-state index is 12.1. The summed E-state index contributed by atoms with van der Waals surface area (Å²) in [6.07, 6.45) is 7.59. The molecule has 9 heteroatoms. The van der Waals surface area contributed by atoms with E-state index >= 15 is 0 Å². The van der Waals surface area contributed by atoms with Crippen molar-refractivity contribution in [2.75, 3.05) is 0 Å². The van der Waals surface area contributed by atoms with Crippen molar-refractivity contribution in [3.63, 3.8) is 0 Å². The Kier molecular flexibility index (Phi) is 12.4. The molecule has 1 aliphatic rings. The Morgan fingerprint density at radius 1 is 1.03 bits per heavy atom. The summed E-state index contributed by atoms with van der Waals surface area (Å²) in [4.78, 5) is 26.8. The molecule has 0 saturated heterocycles. The van der Waals surface area contributed by atoms with Gasteiger partial charge in [0.05, 0.1) is 18.3 Å². The average molecular weight is 542 g/mol. The Morgan fingerprint density at radius 2 is 1.77 bits per heavy atom. The summed E-state index contributed by atoms with van der Waals surface area (Å²) >= 11 is 0. The molecule has 0 heterocycles. The molecule has 0 radical (unpaired) electrons. The first-order valence-corrected chi connectivity index (χ1v) is 13.6. The highest BCUT2D eigenvalue weighted by atomic mass is 16.9. The van der Waals surface area contributed by atoms with Crippen LogP contribution in [0.25, 0.3) is 0 Å². The van der Waals surface area contributed by atoms with E-state index in [1.54, 1.807) is 18.2 Å². The lowest BCUT2D eigenvalue weighted by Gasteiger charge is -2.23. The van der Waals surface area contributed by atoms with Crippen LogP contribution >= 0.6 is 0 Å². The zero-order chi connectivity index (χ0) is 28.0. The second-order valence-electron chi connectivity index (χ2n) is 10.2. The van der Waals surface area contributed by atoms with Gasteiger partial charge in [-0.05, 0) is 86.5 Å². The number of carbonyl (C=O) groups is 1. The van der Waals surface area contributed by atoms with Gasteiger partial charge in [-0.1, -0.05) is 54.6 Å². The lowest BCUT2D eigenvalue weighted by atomic mass is 9.85. The van der Waals surface area contributed by atoms with E-state index in [1.165, 1.54) is 11.6 Å². The number of aryl methyl sites for hydroxylation is 1. The van der Waals surface area contributed by atoms with Crippen LogP contribution in [-0.4, -0.2) is 44.7 Å². The van der Waals surface area contributed by atoms with Crippen LogP contribution in [0.5, 0.6) is 5.75 Å². The molecule has 2 aromatic carbocycles. The van der Waals surface area contributed by atoms with Crippen molar-refractivity contribution < 1.29 is 34.8 Å². The van der Waals surface area contributed by atoms with Gasteiger partial charge in [0.1, 0.15) is 12.4 Å². The van der Waals surface area contributed by atoms with E-state index in [-0.39, 0.29) is 24.9 Å². The van der Waals surface area contributed by atoms with Crippen LogP contribution in [0.3, 0.4) is 0 Å². The average Bonchev–Trinajstić information content (AvgIpc) is 3.19. The second kappa shape index (κ2) is 16.0. The normalized spacial score (nSPS) is 21.6. The van der Waals surface area contributed by atoms with Crippen LogP contribution < -0.4 is 4.74 Å². The topological polar surface area (TPSA) is 139 Å². The van der Waals surface area contributed by atoms with E-state index in [9.17, 15) is 30.2 Å². The largest absolute Gasteiger partial charge is 0.427 e. The molecule has 1 saturated carbocycles. The van der Waals surface area contributed by atoms with Gasteiger partial charge in [0.25, 0.3) is 5.09 Å². The summed E-state index contributed by atoms with van der Waals surface area (Å²) in [6, 6.07) is 16.5. The van der Waals surface area contributed by atoms with E-state index in [2.05, 4.69) is 4.84 Å². The zero-order valence-electron chi connectivity index (χ0n) is 22.1. The summed E-state index contributed by atoms with van der Waals surface area (Å²) in [5.74, 6) is -0.201. The number of allylic oxidation sites excluding steroid dienone is 2. The zero-order valence-corrected chi connectivity index (χ0v) is 22.1. The molecule has 0 aromatic heterocycles. The van der Waals surface area contributed by atoms with Crippen LogP contribution in [0, 0.1) is 22.0 Å². The van der Waals surface area contributed by atoms with Gasteiger partial charge < -0.3 is 24.9 Å². The van der Waals surface area contributed by atoms with Crippen molar-refractivity contribution in [2.45, 2.75) is 82.7 Å². The third-order valence-corrected chi connectivity index (χ3v) is 7.26. The third kappa shape index (κ3) is 10.8. The fourth-order valence-electron chi connectivity index (χ4n) is 5.16. The first-order chi connectivity index (χ1) is 18.8. The van der Waals surface area contributed by atoms with Crippen LogP contribution in [0.4, 0.5) is 0 Å². The van der Waals surface area contributed by atoms with Gasteiger partial charge in [0, 0.05) is 6.42 Å². The maximum absolute atomic E-state index is 12.1. The number of hydrogen-bond donors (Lipinski definition) is 3. The van der Waals surface area contributed by atoms with Crippen molar-refractivity contribution in [3.8, 4) is 5.75 Å². The second-order valence-corrected chi connectivity index (χ2v) is 10.2. The van der Waals surface area contributed by atoms with E-state index in [0.29, 0.717) is 56.3 Å². The van der Waals surface area contributed by atoms with Crippen molar-refractivity contribution in [1.82, 2.24) is 0 Å². The minimum atomic E-state index is -0.874. The summed E-state index contributed by atoms with van der Waals surface area (Å²) in [7, 11) is 0. The number of rotatable bonds is 16. The fraction of sp³-hybridized carbons (Fsp3) is 0.500. The lowest BCUT2D eigenvalue weighted by Crippen LogP contribution is -2.23. The standard InChI is InChI=1S/C30H39NO8/c32-24(16-15-22-9-4-3-5-10-22)17-18-27-26(28(33)20-29(27)34)13-6-1-2-7-14-30(35)39-25-12-8-11-23(19-25)21-38-31(36)37/h1,3-6,8-12,19,24,26-29,32-34H,2,7,13-18,20-21H2/t24-,26+,27+,28-,29+/m0/s1. The number of aliphatic hydroxyl groups excluding tert-OH is 3. The third-order valence-electron chi connectivity index (χ3n) is 7.26. The molecule has 5 atom stereocenters. The van der Waals surface area contributed by atoms with E-state index in [4.69, 9.17) is 4.74 Å². The van der Waals surface area contributed by atoms with Crippen molar-refractivity contribution in [3.05, 3.63) is 88.0 Å². The molecule has 0 unspecified atom stereocenters. The van der Waals surface area contributed by atoms with Crippen molar-refractivity contribution >= 4 is 5.97 Å². The highest BCUT2D eigenvalue weighted by Gasteiger charge is 2.40. The molecule has 39 heavy (non-hydrogen) atoms. The fourth-order valence-corrected chi connectivity index (χ4v) is 5.16. The number of unbranched alkanes of at least 4 members (excludes halogenated alkanes) is 1. The predicted molar refractivity (Wildman–Crippen MR) is 145 cm³/mol. The highest BCUT2D eigenvalue weighted by Crippen LogP contribution is 2.38. The van der Waals surface area contributed by atoms with Crippen LogP contribution in [0.1, 0.15) is 62.5 Å². The quantitative estimate of drug-likeness (QED) is 0.0702. The number of benzene rings is 2. The molecular formula is C30H39NO8. The molecule has 0 amide bonds. The molecule has 3 rings (SSSR count). The van der Waals surface area contributed by atoms with Crippen LogP contribution in [0.2, 0.25) is 0 Å². The van der Waals surface area contributed by atoms with Gasteiger partial charge in [-0.2, -0.15) is 0 Å². The summed E-state index contributed by atoms with van der Waals surface area (Å²) in [6.45, 7) is -0.217. The van der Waals surface area contributed by atoms with Gasteiger partial charge >= 0.3 is 5.97 Å². The van der Waals surface area contributed by atoms with Crippen LogP contribution in [0.15, 0.2) is 66.7 Å². The number of ether oxygens (including phenoxy) is 1. The highest BCUT2D eigenvalue weighted by molar-refractivity contribution is 5.72. The molecule has 0 aliphatic heterocycles. The van der Waals surface area contributed by atoms with E-state index < -0.39 is 29.4 Å². The van der Waals surface area contributed by atoms with Gasteiger partial charge in [-0.3, -0.25) is 4.79 Å². The SMILES string of the molecule is O=C(CCCC=CC[C@@H]1[C@@H](CC[C@@H](O)CCc2ccccc2)[C@H](O)C[C@@H]1O)Oc1cccc(CO[N+](=O)[O-])c1. The summed E-state index contributed by atoms with van der Waals surface area (Å²) in [5.41, 5.74) is 1.72. The van der Waals surface area contributed by atoms with Gasteiger partial charge in [0.2, 0.25) is 0 Å². The molecule has 212 valence electrons. The lowest BCUT2D eigenvalue weighted by molar-refractivity contribution is -0.763. The van der Waals surface area contributed by atoms with Crippen molar-refractivity contribution in [2.24, 2.45) is 11.8 Å². The molecule has 1 fully saturated rings. The predicted octanol–water partition coefficient (Wildman–Crippen LogP) is 4.55. The van der Waals surface area contributed by atoms with Gasteiger partial charge in [0.15, 0.2) is 0 Å². The number of esters is 1. The minimum Gasteiger partial charge on any atom is -0.427 e. The molecule has 2 aromatic rings. The first kappa shape index (κ1) is 30.3.